The van der Waals surface area contributed by atoms with Crippen molar-refractivity contribution in [1.82, 2.24) is 10.3 Å². The Labute approximate surface area is 138 Å². The van der Waals surface area contributed by atoms with Gasteiger partial charge in [-0.2, -0.15) is 0 Å². The van der Waals surface area contributed by atoms with Gasteiger partial charge < -0.3 is 10.4 Å². The number of carboxylic acid groups (broad SMARTS) is 1. The Kier molecular flexibility index (Phi) is 3.93. The van der Waals surface area contributed by atoms with E-state index in [0.717, 1.165) is 17.5 Å². The van der Waals surface area contributed by atoms with E-state index in [-0.39, 0.29) is 22.9 Å². The standard InChI is InChI=1S/C17H18N2O3S/c1-17(2)7-12(17)14(20)18-8-10-4-3-5-11(6-10)15-19-13(9-23-15)16(21)22/h3-6,9,12H,7-8H2,1-2H3,(H,18,20)(H,21,22). The highest BCUT2D eigenvalue weighted by molar-refractivity contribution is 7.13. The molecule has 1 saturated carbocycles. The maximum absolute atomic E-state index is 12.0. The van der Waals surface area contributed by atoms with Crippen molar-refractivity contribution in [3.05, 3.63) is 40.9 Å². The van der Waals surface area contributed by atoms with Gasteiger partial charge in [-0.1, -0.05) is 32.0 Å². The zero-order valence-electron chi connectivity index (χ0n) is 13.0. The monoisotopic (exact) mass is 330 g/mol. The lowest BCUT2D eigenvalue weighted by Gasteiger charge is -2.07. The van der Waals surface area contributed by atoms with Crippen LogP contribution in [0.2, 0.25) is 0 Å². The van der Waals surface area contributed by atoms with Crippen LogP contribution in [-0.4, -0.2) is 22.0 Å². The number of nitrogens with zero attached hydrogens (tertiary/aromatic N) is 1. The van der Waals surface area contributed by atoms with Gasteiger partial charge in [-0.25, -0.2) is 9.78 Å². The molecule has 1 aromatic heterocycles. The van der Waals surface area contributed by atoms with Gasteiger partial charge in [-0.3, -0.25) is 4.79 Å². The smallest absolute Gasteiger partial charge is 0.355 e. The average molecular weight is 330 g/mol. The predicted molar refractivity (Wildman–Crippen MR) is 88.2 cm³/mol. The van der Waals surface area contributed by atoms with E-state index in [9.17, 15) is 9.59 Å². The second-order valence-corrected chi connectivity index (χ2v) is 7.36. The van der Waals surface area contributed by atoms with Crippen LogP contribution < -0.4 is 5.32 Å². The molecule has 0 radical (unpaired) electrons. The van der Waals surface area contributed by atoms with Gasteiger partial charge in [-0.15, -0.1) is 11.3 Å². The van der Waals surface area contributed by atoms with Crippen LogP contribution in [0.15, 0.2) is 29.6 Å². The molecule has 1 fully saturated rings. The maximum Gasteiger partial charge on any atom is 0.355 e. The highest BCUT2D eigenvalue weighted by atomic mass is 32.1. The van der Waals surface area contributed by atoms with Crippen LogP contribution in [0, 0.1) is 11.3 Å². The van der Waals surface area contributed by atoms with Crippen molar-refractivity contribution in [2.75, 3.05) is 0 Å². The number of hydrogen-bond acceptors (Lipinski definition) is 4. The molecular weight excluding hydrogens is 312 g/mol. The van der Waals surface area contributed by atoms with Gasteiger partial charge >= 0.3 is 5.97 Å². The highest BCUT2D eigenvalue weighted by Gasteiger charge is 2.50. The van der Waals surface area contributed by atoms with E-state index >= 15 is 0 Å². The highest BCUT2D eigenvalue weighted by Crippen LogP contribution is 2.51. The number of amides is 1. The number of aromatic carboxylic acids is 1. The number of carbonyl (C=O) groups excluding carboxylic acids is 1. The number of thiazole rings is 1. The van der Waals surface area contributed by atoms with Gasteiger partial charge in [0.1, 0.15) is 5.01 Å². The molecule has 23 heavy (non-hydrogen) atoms. The number of aromatic nitrogens is 1. The zero-order valence-corrected chi connectivity index (χ0v) is 13.8. The first-order chi connectivity index (χ1) is 10.9. The van der Waals surface area contributed by atoms with Crippen molar-refractivity contribution in [2.45, 2.75) is 26.8 Å². The quantitative estimate of drug-likeness (QED) is 0.882. The molecule has 2 aromatic rings. The summed E-state index contributed by atoms with van der Waals surface area (Å²) in [5.74, 6) is -0.812. The third-order valence-electron chi connectivity index (χ3n) is 4.19. The van der Waals surface area contributed by atoms with Gasteiger partial charge in [0.15, 0.2) is 5.69 Å². The fraction of sp³-hybridized carbons (Fsp3) is 0.353. The minimum atomic E-state index is -1.03. The summed E-state index contributed by atoms with van der Waals surface area (Å²) in [5.41, 5.74) is 2.02. The van der Waals surface area contributed by atoms with Crippen LogP contribution in [0.5, 0.6) is 0 Å². The first kappa shape index (κ1) is 15.7. The summed E-state index contributed by atoms with van der Waals surface area (Å²) in [6, 6.07) is 7.65. The summed E-state index contributed by atoms with van der Waals surface area (Å²) in [6.07, 6.45) is 0.940. The Morgan fingerprint density at radius 1 is 1.43 bits per heavy atom. The summed E-state index contributed by atoms with van der Waals surface area (Å²) in [6.45, 7) is 4.66. The molecule has 0 aliphatic heterocycles. The molecule has 3 rings (SSSR count). The van der Waals surface area contributed by atoms with E-state index in [0.29, 0.717) is 11.6 Å². The van der Waals surface area contributed by atoms with Crippen LogP contribution >= 0.6 is 11.3 Å². The van der Waals surface area contributed by atoms with E-state index in [1.54, 1.807) is 0 Å². The SMILES string of the molecule is CC1(C)CC1C(=O)NCc1cccc(-c2nc(C(=O)O)cs2)c1. The van der Waals surface area contributed by atoms with Gasteiger partial charge in [0, 0.05) is 23.4 Å². The van der Waals surface area contributed by atoms with Gasteiger partial charge in [0.25, 0.3) is 0 Å². The molecule has 2 N–H and O–H groups in total. The number of hydrogen-bond donors (Lipinski definition) is 2. The summed E-state index contributed by atoms with van der Waals surface area (Å²) < 4.78 is 0. The first-order valence-electron chi connectivity index (χ1n) is 7.43. The second kappa shape index (κ2) is 5.77. The molecule has 5 nitrogen and oxygen atoms in total. The number of carbonyl (C=O) groups is 2. The average Bonchev–Trinajstić information content (AvgIpc) is 2.95. The number of rotatable bonds is 5. The largest absolute Gasteiger partial charge is 0.476 e. The first-order valence-corrected chi connectivity index (χ1v) is 8.30. The van der Waals surface area contributed by atoms with Crippen molar-refractivity contribution in [2.24, 2.45) is 11.3 Å². The van der Waals surface area contributed by atoms with E-state index in [4.69, 9.17) is 5.11 Å². The summed E-state index contributed by atoms with van der Waals surface area (Å²) >= 11 is 1.30. The molecular formula is C17H18N2O3S. The summed E-state index contributed by atoms with van der Waals surface area (Å²) in [7, 11) is 0. The number of benzene rings is 1. The molecule has 120 valence electrons. The third kappa shape index (κ3) is 3.42. The van der Waals surface area contributed by atoms with E-state index in [1.165, 1.54) is 16.7 Å². The van der Waals surface area contributed by atoms with Crippen LogP contribution in [0.3, 0.4) is 0 Å². The third-order valence-corrected chi connectivity index (χ3v) is 5.09. The Hall–Kier alpha value is -2.21. The van der Waals surface area contributed by atoms with Crippen LogP contribution in [0.1, 0.15) is 36.3 Å². The van der Waals surface area contributed by atoms with Crippen molar-refractivity contribution in [3.63, 3.8) is 0 Å². The number of carboxylic acids is 1. The van der Waals surface area contributed by atoms with Crippen LogP contribution in [-0.2, 0) is 11.3 Å². The van der Waals surface area contributed by atoms with Crippen molar-refractivity contribution < 1.29 is 14.7 Å². The van der Waals surface area contributed by atoms with Crippen LogP contribution in [0.25, 0.3) is 10.6 Å². The summed E-state index contributed by atoms with van der Waals surface area (Å²) in [4.78, 5) is 27.1. The Bertz CT molecular complexity index is 767. The molecule has 6 heteroatoms. The van der Waals surface area contributed by atoms with E-state index in [1.807, 2.05) is 24.3 Å². The number of nitrogens with one attached hydrogen (secondary N) is 1. The molecule has 1 aliphatic carbocycles. The van der Waals surface area contributed by atoms with Crippen molar-refractivity contribution >= 4 is 23.2 Å². The van der Waals surface area contributed by atoms with E-state index < -0.39 is 5.97 Å². The lowest BCUT2D eigenvalue weighted by Crippen LogP contribution is -2.25. The molecule has 1 aromatic carbocycles. The molecule has 0 bridgehead atoms. The van der Waals surface area contributed by atoms with Crippen LogP contribution in [0.4, 0.5) is 0 Å². The maximum atomic E-state index is 12.0. The fourth-order valence-corrected chi connectivity index (χ4v) is 3.34. The van der Waals surface area contributed by atoms with Gasteiger partial charge in [0.2, 0.25) is 5.91 Å². The topological polar surface area (TPSA) is 79.3 Å². The molecule has 1 atom stereocenters. The lowest BCUT2D eigenvalue weighted by molar-refractivity contribution is -0.123. The minimum Gasteiger partial charge on any atom is -0.476 e. The minimum absolute atomic E-state index is 0.0553. The van der Waals surface area contributed by atoms with Gasteiger partial charge in [0.05, 0.1) is 0 Å². The lowest BCUT2D eigenvalue weighted by atomic mass is 10.1. The zero-order chi connectivity index (χ0) is 16.6. The normalized spacial score (nSPS) is 18.4. The predicted octanol–water partition coefficient (Wildman–Crippen LogP) is 3.17. The molecule has 0 saturated heterocycles. The molecule has 0 spiro atoms. The van der Waals surface area contributed by atoms with Crippen molar-refractivity contribution in [1.29, 1.82) is 0 Å². The molecule has 1 unspecified atom stereocenters. The molecule has 1 amide bonds. The molecule has 1 heterocycles. The second-order valence-electron chi connectivity index (χ2n) is 6.51. The Morgan fingerprint density at radius 3 is 2.78 bits per heavy atom. The Morgan fingerprint density at radius 2 is 2.17 bits per heavy atom. The van der Waals surface area contributed by atoms with Crippen molar-refractivity contribution in [3.8, 4) is 10.6 Å². The summed E-state index contributed by atoms with van der Waals surface area (Å²) in [5, 5.41) is 14.1. The van der Waals surface area contributed by atoms with Gasteiger partial charge in [-0.05, 0) is 23.5 Å². The van der Waals surface area contributed by atoms with E-state index in [2.05, 4.69) is 24.1 Å². The fourth-order valence-electron chi connectivity index (χ4n) is 2.55. The molecule has 1 aliphatic rings. The Balaban J connectivity index is 1.67.